The number of rotatable bonds is 3. The lowest BCUT2D eigenvalue weighted by molar-refractivity contribution is 0.450. The van der Waals surface area contributed by atoms with Gasteiger partial charge in [0.1, 0.15) is 23.2 Å². The summed E-state index contributed by atoms with van der Waals surface area (Å²) in [5.41, 5.74) is 1.20. The molecule has 2 aromatic carbocycles. The lowest BCUT2D eigenvalue weighted by Crippen LogP contribution is -2.17. The van der Waals surface area contributed by atoms with Crippen LogP contribution in [0.5, 0.6) is 11.5 Å². The zero-order valence-electron chi connectivity index (χ0n) is 13.4. The molecule has 8 heteroatoms. The van der Waals surface area contributed by atoms with E-state index in [0.717, 1.165) is 10.4 Å². The van der Waals surface area contributed by atoms with Gasteiger partial charge >= 0.3 is 0 Å². The van der Waals surface area contributed by atoms with Crippen LogP contribution >= 0.6 is 0 Å². The first-order valence-electron chi connectivity index (χ1n) is 7.70. The summed E-state index contributed by atoms with van der Waals surface area (Å²) < 4.78 is 2.64. The van der Waals surface area contributed by atoms with E-state index in [1.165, 1.54) is 36.9 Å². The maximum Gasteiger partial charge on any atom is 0.285 e. The summed E-state index contributed by atoms with van der Waals surface area (Å²) in [5.74, 6) is -0.207. The van der Waals surface area contributed by atoms with Gasteiger partial charge in [0.05, 0.1) is 18.1 Å². The van der Waals surface area contributed by atoms with Crippen molar-refractivity contribution >= 4 is 17.2 Å². The molecule has 0 aliphatic rings. The van der Waals surface area contributed by atoms with Gasteiger partial charge in [-0.3, -0.25) is 4.79 Å². The first-order chi connectivity index (χ1) is 12.6. The molecule has 0 fully saturated rings. The zero-order chi connectivity index (χ0) is 18.1. The first-order valence-corrected chi connectivity index (χ1v) is 7.70. The highest BCUT2D eigenvalue weighted by atomic mass is 16.3. The second kappa shape index (κ2) is 6.17. The monoisotopic (exact) mass is 347 g/mol. The van der Waals surface area contributed by atoms with Crippen LogP contribution in [0, 0.1) is 0 Å². The van der Waals surface area contributed by atoms with Gasteiger partial charge in [-0.05, 0) is 24.3 Å². The highest BCUT2D eigenvalue weighted by Gasteiger charge is 2.11. The van der Waals surface area contributed by atoms with Crippen LogP contribution < -0.4 is 5.56 Å². The fraction of sp³-hybridized carbons (Fsp3) is 0. The minimum atomic E-state index is -0.383. The number of benzene rings is 2. The van der Waals surface area contributed by atoms with Crippen LogP contribution in [0.25, 0.3) is 16.7 Å². The van der Waals surface area contributed by atoms with Crippen LogP contribution in [-0.2, 0) is 0 Å². The van der Waals surface area contributed by atoms with Crippen molar-refractivity contribution < 1.29 is 10.2 Å². The summed E-state index contributed by atoms with van der Waals surface area (Å²) >= 11 is 0. The minimum Gasteiger partial charge on any atom is -0.508 e. The van der Waals surface area contributed by atoms with Crippen molar-refractivity contribution in [3.8, 4) is 17.2 Å². The van der Waals surface area contributed by atoms with Gasteiger partial charge in [-0.15, -0.1) is 0 Å². The number of aromatic hydroxyl groups is 2. The van der Waals surface area contributed by atoms with E-state index in [0.29, 0.717) is 16.6 Å². The van der Waals surface area contributed by atoms with Crippen LogP contribution in [0.15, 0.2) is 71.0 Å². The van der Waals surface area contributed by atoms with Crippen molar-refractivity contribution in [2.45, 2.75) is 0 Å². The highest BCUT2D eigenvalue weighted by molar-refractivity contribution is 5.83. The Morgan fingerprint density at radius 1 is 1.08 bits per heavy atom. The van der Waals surface area contributed by atoms with Gasteiger partial charge in [0.15, 0.2) is 5.65 Å². The van der Waals surface area contributed by atoms with Crippen molar-refractivity contribution in [2.24, 2.45) is 5.10 Å². The summed E-state index contributed by atoms with van der Waals surface area (Å²) in [6, 6.07) is 13.5. The van der Waals surface area contributed by atoms with Crippen LogP contribution in [0.1, 0.15) is 5.56 Å². The molecule has 2 N–H and O–H groups in total. The Bertz CT molecular complexity index is 1180. The quantitative estimate of drug-likeness (QED) is 0.551. The molecule has 0 aliphatic carbocycles. The third-order valence-corrected chi connectivity index (χ3v) is 3.81. The molecule has 4 aromatic rings. The Labute approximate surface area is 146 Å². The zero-order valence-corrected chi connectivity index (χ0v) is 13.4. The van der Waals surface area contributed by atoms with Gasteiger partial charge in [0.25, 0.3) is 5.56 Å². The number of para-hydroxylation sites is 1. The molecule has 26 heavy (non-hydrogen) atoms. The molecule has 0 saturated carbocycles. The highest BCUT2D eigenvalue weighted by Crippen LogP contribution is 2.20. The largest absolute Gasteiger partial charge is 0.508 e. The summed E-state index contributed by atoms with van der Waals surface area (Å²) in [6.07, 6.45) is 4.05. The summed E-state index contributed by atoms with van der Waals surface area (Å²) in [4.78, 5) is 16.9. The molecule has 0 amide bonds. The molecule has 2 aromatic heterocycles. The Morgan fingerprint density at radius 3 is 2.65 bits per heavy atom. The van der Waals surface area contributed by atoms with Crippen LogP contribution in [0.2, 0.25) is 0 Å². The number of nitrogens with zero attached hydrogens (tertiary/aromatic N) is 5. The number of aromatic nitrogens is 4. The van der Waals surface area contributed by atoms with Crippen molar-refractivity contribution in [3.63, 3.8) is 0 Å². The molecule has 8 nitrogen and oxygen atoms in total. The predicted octanol–water partition coefficient (Wildman–Crippen LogP) is 1.88. The van der Waals surface area contributed by atoms with Crippen molar-refractivity contribution in [1.29, 1.82) is 0 Å². The number of phenols is 2. The standard InChI is InChI=1S/C18H13N5O3/c24-14-7-6-12(16(25)8-14)9-20-22-11-19-17-15(18(22)26)10-21-23(17)13-4-2-1-3-5-13/h1-11,24-25H/b20-9+. The lowest BCUT2D eigenvalue weighted by atomic mass is 10.2. The normalized spacial score (nSPS) is 11.4. The smallest absolute Gasteiger partial charge is 0.285 e. The summed E-state index contributed by atoms with van der Waals surface area (Å²) in [5, 5.41) is 27.7. The van der Waals surface area contributed by atoms with Gasteiger partial charge in [-0.25, -0.2) is 9.67 Å². The summed E-state index contributed by atoms with van der Waals surface area (Å²) in [7, 11) is 0. The van der Waals surface area contributed by atoms with E-state index in [4.69, 9.17) is 0 Å². The van der Waals surface area contributed by atoms with Crippen LogP contribution in [0.3, 0.4) is 0 Å². The van der Waals surface area contributed by atoms with E-state index in [9.17, 15) is 15.0 Å². The lowest BCUT2D eigenvalue weighted by Gasteiger charge is -2.03. The van der Waals surface area contributed by atoms with Crippen molar-refractivity contribution in [3.05, 3.63) is 77.0 Å². The molecule has 2 heterocycles. The minimum absolute atomic E-state index is 0.0618. The molecule has 4 rings (SSSR count). The maximum absolute atomic E-state index is 12.6. The Morgan fingerprint density at radius 2 is 1.88 bits per heavy atom. The van der Waals surface area contributed by atoms with Crippen LogP contribution in [0.4, 0.5) is 0 Å². The van der Waals surface area contributed by atoms with Crippen molar-refractivity contribution in [2.75, 3.05) is 0 Å². The molecule has 0 saturated heterocycles. The first kappa shape index (κ1) is 15.6. The number of hydrogen-bond donors (Lipinski definition) is 2. The fourth-order valence-electron chi connectivity index (χ4n) is 2.51. The van der Waals surface area contributed by atoms with E-state index < -0.39 is 0 Å². The van der Waals surface area contributed by atoms with Gasteiger partial charge in [-0.2, -0.15) is 14.9 Å². The van der Waals surface area contributed by atoms with E-state index >= 15 is 0 Å². The van der Waals surface area contributed by atoms with E-state index in [-0.39, 0.29) is 17.1 Å². The van der Waals surface area contributed by atoms with E-state index in [2.05, 4.69) is 15.2 Å². The van der Waals surface area contributed by atoms with Gasteiger partial charge in [-0.1, -0.05) is 18.2 Å². The average Bonchev–Trinajstić information content (AvgIpc) is 3.08. The number of phenolic OH excluding ortho intramolecular Hbond substituents is 2. The SMILES string of the molecule is O=c1c2cnn(-c3ccccc3)c2ncn1/N=C/c1ccc(O)cc1O. The molecule has 0 radical (unpaired) electrons. The second-order valence-electron chi connectivity index (χ2n) is 5.51. The van der Waals surface area contributed by atoms with Crippen molar-refractivity contribution in [1.82, 2.24) is 19.4 Å². The molecule has 0 unspecified atom stereocenters. The van der Waals surface area contributed by atoms with Gasteiger partial charge in [0.2, 0.25) is 0 Å². The molecule has 128 valence electrons. The fourth-order valence-corrected chi connectivity index (χ4v) is 2.51. The average molecular weight is 347 g/mol. The van der Waals surface area contributed by atoms with Gasteiger partial charge < -0.3 is 10.2 Å². The topological polar surface area (TPSA) is 106 Å². The molecular formula is C18H13N5O3. The Hall–Kier alpha value is -3.94. The Kier molecular flexibility index (Phi) is 3.70. The second-order valence-corrected chi connectivity index (χ2v) is 5.51. The molecule has 0 bridgehead atoms. The van der Waals surface area contributed by atoms with E-state index in [1.807, 2.05) is 30.3 Å². The predicted molar refractivity (Wildman–Crippen MR) is 95.9 cm³/mol. The molecule has 0 atom stereocenters. The molecule has 0 aliphatic heterocycles. The van der Waals surface area contributed by atoms with E-state index in [1.54, 1.807) is 4.68 Å². The summed E-state index contributed by atoms with van der Waals surface area (Å²) in [6.45, 7) is 0. The maximum atomic E-state index is 12.6. The molecular weight excluding hydrogens is 334 g/mol. The molecule has 0 spiro atoms. The third kappa shape index (κ3) is 2.69. The Balaban J connectivity index is 1.75. The third-order valence-electron chi connectivity index (χ3n) is 3.81. The van der Waals surface area contributed by atoms with Crippen LogP contribution in [-0.4, -0.2) is 35.9 Å². The number of hydrogen-bond acceptors (Lipinski definition) is 6. The number of fused-ring (bicyclic) bond motifs is 1. The van der Waals surface area contributed by atoms with Gasteiger partial charge in [0, 0.05) is 11.6 Å².